The summed E-state index contributed by atoms with van der Waals surface area (Å²) >= 11 is 0. The number of hydrogen-bond donors (Lipinski definition) is 1. The molecule has 8 rings (SSSR count). The molecule has 1 N–H and O–H groups in total. The second kappa shape index (κ2) is 10.6. The molecule has 8 nitrogen and oxygen atoms in total. The van der Waals surface area contributed by atoms with Crippen molar-refractivity contribution in [3.8, 4) is 35.4 Å². The van der Waals surface area contributed by atoms with Gasteiger partial charge in [0.05, 0.1) is 16.5 Å². The van der Waals surface area contributed by atoms with Crippen molar-refractivity contribution in [1.29, 1.82) is 0 Å². The number of nitrogens with zero attached hydrogens (tertiary/aromatic N) is 5. The summed E-state index contributed by atoms with van der Waals surface area (Å²) in [6.07, 6.45) is 9.96. The van der Waals surface area contributed by atoms with Crippen molar-refractivity contribution in [2.75, 3.05) is 36.1 Å². The molecular formula is C33H30F3N5O3S. The van der Waals surface area contributed by atoms with Crippen molar-refractivity contribution < 1.29 is 27.2 Å². The first kappa shape index (κ1) is 28.5. The van der Waals surface area contributed by atoms with Gasteiger partial charge in [-0.15, -0.1) is 6.42 Å². The Labute approximate surface area is 260 Å². The normalized spacial score (nSPS) is 27.7. The number of rotatable bonds is 5. The van der Waals surface area contributed by atoms with Crippen LogP contribution in [0.25, 0.3) is 32.9 Å². The summed E-state index contributed by atoms with van der Waals surface area (Å²) in [4.78, 5) is 18.0. The highest BCUT2D eigenvalue weighted by molar-refractivity contribution is 7.85. The van der Waals surface area contributed by atoms with Gasteiger partial charge < -0.3 is 14.7 Å². The molecular weight excluding hydrogens is 603 g/mol. The summed E-state index contributed by atoms with van der Waals surface area (Å²) in [6, 6.07) is 5.28. The summed E-state index contributed by atoms with van der Waals surface area (Å²) < 4.78 is 64.8. The molecule has 4 aliphatic rings. The number of aromatic nitrogens is 3. The Morgan fingerprint density at radius 1 is 1.18 bits per heavy atom. The molecule has 2 aromatic heterocycles. The van der Waals surface area contributed by atoms with E-state index in [9.17, 15) is 18.1 Å². The molecule has 4 atom stereocenters. The third kappa shape index (κ3) is 4.54. The topological polar surface area (TPSA) is 91.7 Å². The summed E-state index contributed by atoms with van der Waals surface area (Å²) in [5, 5.41) is 11.5. The molecule has 0 radical (unpaired) electrons. The standard InChI is InChI=1S/C33H30F3N5O3S/c1-2-23-26(35)7-4-18-10-22(42)11-24(27(18)23)29-28(36)30-25(13-37-29)31(41-20-5-6-21(41)16-45(43)15-20)39-32(38-30)44-17-33-8-3-9-40(33)14-19(34)12-33/h1,4,7,10-11,13,19-21,42H,3,5-6,8-9,12,14-17H2/t19-,20?,21?,33+,45?/m1/s1. The summed E-state index contributed by atoms with van der Waals surface area (Å²) in [6.45, 7) is 1.32. The van der Waals surface area contributed by atoms with E-state index in [1.807, 2.05) is 0 Å². The number of pyridine rings is 1. The number of phenols is 1. The highest BCUT2D eigenvalue weighted by atomic mass is 32.2. The number of hydrogen-bond acceptors (Lipinski definition) is 8. The molecule has 0 amide bonds. The maximum absolute atomic E-state index is 16.8. The number of fused-ring (bicyclic) bond motifs is 5. The van der Waals surface area contributed by atoms with Gasteiger partial charge in [0.25, 0.3) is 0 Å². The first-order valence-corrected chi connectivity index (χ1v) is 16.7. The van der Waals surface area contributed by atoms with Crippen molar-refractivity contribution in [1.82, 2.24) is 19.9 Å². The number of halogens is 3. The zero-order valence-electron chi connectivity index (χ0n) is 24.3. The van der Waals surface area contributed by atoms with E-state index in [-0.39, 0.29) is 58.2 Å². The molecule has 4 aromatic rings. The third-order valence-electron chi connectivity index (χ3n) is 9.95. The molecule has 0 spiro atoms. The Morgan fingerprint density at radius 3 is 2.76 bits per heavy atom. The Kier molecular flexibility index (Phi) is 6.69. The number of alkyl halides is 1. The number of aromatic hydroxyl groups is 1. The minimum atomic E-state index is -0.955. The maximum Gasteiger partial charge on any atom is 0.319 e. The Balaban J connectivity index is 1.30. The van der Waals surface area contributed by atoms with Crippen LogP contribution in [0.2, 0.25) is 0 Å². The van der Waals surface area contributed by atoms with E-state index in [0.29, 0.717) is 41.1 Å². The molecule has 0 aliphatic carbocycles. The van der Waals surface area contributed by atoms with Crippen LogP contribution in [0.1, 0.15) is 37.7 Å². The van der Waals surface area contributed by atoms with Gasteiger partial charge in [-0.25, -0.2) is 13.2 Å². The number of anilines is 1. The predicted molar refractivity (Wildman–Crippen MR) is 166 cm³/mol. The van der Waals surface area contributed by atoms with Crippen molar-refractivity contribution in [2.45, 2.75) is 55.9 Å². The lowest BCUT2D eigenvalue weighted by molar-refractivity contribution is 0.107. The van der Waals surface area contributed by atoms with E-state index in [0.717, 1.165) is 32.2 Å². The highest BCUT2D eigenvalue weighted by Crippen LogP contribution is 2.43. The lowest BCUT2D eigenvalue weighted by atomic mass is 9.95. The van der Waals surface area contributed by atoms with E-state index < -0.39 is 34.1 Å². The molecule has 0 saturated carbocycles. The molecule has 2 unspecified atom stereocenters. The molecule has 2 aromatic carbocycles. The minimum Gasteiger partial charge on any atom is -0.508 e. The molecule has 4 fully saturated rings. The van der Waals surface area contributed by atoms with Gasteiger partial charge in [-0.1, -0.05) is 12.0 Å². The van der Waals surface area contributed by atoms with Gasteiger partial charge in [-0.05, 0) is 55.8 Å². The molecule has 232 valence electrons. The average molecular weight is 634 g/mol. The van der Waals surface area contributed by atoms with E-state index >= 15 is 4.39 Å². The van der Waals surface area contributed by atoms with Crippen molar-refractivity contribution in [2.24, 2.45) is 0 Å². The van der Waals surface area contributed by atoms with Gasteiger partial charge in [0, 0.05) is 64.5 Å². The zero-order chi connectivity index (χ0) is 31.0. The molecule has 4 saturated heterocycles. The SMILES string of the molecule is C#Cc1c(F)ccc2cc(O)cc(-c3ncc4c(N5C6CCC5CS(=O)C6)nc(OC[C@@]56CCCN5C[C@H](F)C6)nc4c3F)c12. The van der Waals surface area contributed by atoms with Crippen LogP contribution in [-0.2, 0) is 10.8 Å². The Bertz CT molecular complexity index is 1940. The smallest absolute Gasteiger partial charge is 0.319 e. The Morgan fingerprint density at radius 2 is 1.98 bits per heavy atom. The fourth-order valence-electron chi connectivity index (χ4n) is 8.00. The first-order chi connectivity index (χ1) is 21.7. The monoisotopic (exact) mass is 633 g/mol. The molecule has 6 heterocycles. The molecule has 12 heteroatoms. The summed E-state index contributed by atoms with van der Waals surface area (Å²) in [5.74, 6) is 2.15. The van der Waals surface area contributed by atoms with Crippen molar-refractivity contribution in [3.05, 3.63) is 47.7 Å². The van der Waals surface area contributed by atoms with Gasteiger partial charge in [-0.3, -0.25) is 14.1 Å². The fraction of sp³-hybridized carbons (Fsp3) is 0.424. The van der Waals surface area contributed by atoms with Crippen LogP contribution in [0, 0.1) is 24.0 Å². The van der Waals surface area contributed by atoms with Crippen LogP contribution in [0.15, 0.2) is 30.5 Å². The highest BCUT2D eigenvalue weighted by Gasteiger charge is 2.49. The Hall–Kier alpha value is -3.95. The van der Waals surface area contributed by atoms with Crippen LogP contribution >= 0.6 is 0 Å². The number of benzene rings is 2. The minimum absolute atomic E-state index is 0.0412. The number of ether oxygens (including phenoxy) is 1. The van der Waals surface area contributed by atoms with E-state index in [4.69, 9.17) is 16.1 Å². The summed E-state index contributed by atoms with van der Waals surface area (Å²) in [7, 11) is -0.955. The maximum atomic E-state index is 16.8. The third-order valence-corrected chi connectivity index (χ3v) is 11.5. The largest absolute Gasteiger partial charge is 0.508 e. The van der Waals surface area contributed by atoms with E-state index in [1.165, 1.54) is 30.5 Å². The quantitative estimate of drug-likeness (QED) is 0.312. The van der Waals surface area contributed by atoms with Gasteiger partial charge in [0.2, 0.25) is 0 Å². The van der Waals surface area contributed by atoms with Gasteiger partial charge >= 0.3 is 6.01 Å². The van der Waals surface area contributed by atoms with Crippen LogP contribution in [-0.4, -0.2) is 84.2 Å². The van der Waals surface area contributed by atoms with Gasteiger partial charge in [-0.2, -0.15) is 9.97 Å². The van der Waals surface area contributed by atoms with Crippen LogP contribution < -0.4 is 9.64 Å². The lowest BCUT2D eigenvalue weighted by Crippen LogP contribution is -2.47. The second-order valence-corrected chi connectivity index (χ2v) is 14.1. The number of phenolic OH excluding ortho intramolecular Hbond substituents is 1. The summed E-state index contributed by atoms with van der Waals surface area (Å²) in [5.41, 5.74) is -0.639. The lowest BCUT2D eigenvalue weighted by Gasteiger charge is -2.36. The van der Waals surface area contributed by atoms with Crippen LogP contribution in [0.4, 0.5) is 19.0 Å². The first-order valence-electron chi connectivity index (χ1n) is 15.2. The number of terminal acetylenes is 1. The van der Waals surface area contributed by atoms with Crippen molar-refractivity contribution in [3.63, 3.8) is 0 Å². The van der Waals surface area contributed by atoms with Gasteiger partial charge in [0.15, 0.2) is 5.82 Å². The van der Waals surface area contributed by atoms with Crippen LogP contribution in [0.5, 0.6) is 11.8 Å². The second-order valence-electron chi connectivity index (χ2n) is 12.6. The van der Waals surface area contributed by atoms with Gasteiger partial charge in [0.1, 0.15) is 41.4 Å². The average Bonchev–Trinajstić information content (AvgIpc) is 3.63. The van der Waals surface area contributed by atoms with Crippen molar-refractivity contribution >= 4 is 38.3 Å². The molecule has 45 heavy (non-hydrogen) atoms. The zero-order valence-corrected chi connectivity index (χ0v) is 25.1. The van der Waals surface area contributed by atoms with Crippen LogP contribution in [0.3, 0.4) is 0 Å². The van der Waals surface area contributed by atoms with E-state index in [2.05, 4.69) is 25.7 Å². The predicted octanol–water partition coefficient (Wildman–Crippen LogP) is 4.87. The fourth-order valence-corrected chi connectivity index (χ4v) is 9.65. The molecule has 4 aliphatic heterocycles. The van der Waals surface area contributed by atoms with E-state index in [1.54, 1.807) is 0 Å². The molecule has 2 bridgehead atoms.